The number of amides is 2. The van der Waals surface area contributed by atoms with E-state index in [0.717, 1.165) is 49.1 Å². The van der Waals surface area contributed by atoms with Crippen LogP contribution in [0.3, 0.4) is 0 Å². The van der Waals surface area contributed by atoms with Crippen molar-refractivity contribution in [1.29, 1.82) is 0 Å². The Kier molecular flexibility index (Phi) is 7.36. The number of carbonyl (C=O) groups is 2. The Morgan fingerprint density at radius 1 is 1.19 bits per heavy atom. The summed E-state index contributed by atoms with van der Waals surface area (Å²) in [6.45, 7) is 1.16. The molecule has 0 bridgehead atoms. The van der Waals surface area contributed by atoms with Crippen molar-refractivity contribution in [3.8, 4) is 0 Å². The number of hydrogen-bond donors (Lipinski definition) is 1. The van der Waals surface area contributed by atoms with E-state index in [4.69, 9.17) is 0 Å². The first-order valence-corrected chi connectivity index (χ1v) is 12.8. The highest BCUT2D eigenvalue weighted by molar-refractivity contribution is 7.88. The van der Waals surface area contributed by atoms with Crippen molar-refractivity contribution in [3.63, 3.8) is 0 Å². The number of piperazine rings is 1. The Morgan fingerprint density at radius 2 is 1.84 bits per heavy atom. The fourth-order valence-corrected chi connectivity index (χ4v) is 5.28. The van der Waals surface area contributed by atoms with Gasteiger partial charge in [0, 0.05) is 19.1 Å². The highest BCUT2D eigenvalue weighted by Gasteiger charge is 2.49. The van der Waals surface area contributed by atoms with E-state index in [2.05, 4.69) is 5.32 Å². The predicted molar refractivity (Wildman–Crippen MR) is 116 cm³/mol. The largest absolute Gasteiger partial charge is 0.351 e. The molecule has 0 aromatic heterocycles. The van der Waals surface area contributed by atoms with Crippen molar-refractivity contribution in [2.45, 2.75) is 70.0 Å². The molecule has 1 saturated carbocycles. The van der Waals surface area contributed by atoms with Gasteiger partial charge in [-0.15, -0.1) is 0 Å². The molecule has 3 rings (SSSR count). The minimum absolute atomic E-state index is 0.00403. The van der Waals surface area contributed by atoms with Gasteiger partial charge in [-0.25, -0.2) is 12.8 Å². The molecular weight excluding hydrogens is 421 g/mol. The van der Waals surface area contributed by atoms with Gasteiger partial charge >= 0.3 is 0 Å². The molecule has 1 atom stereocenters. The molecular formula is C22H32FN3O4S. The molecule has 1 aromatic rings. The molecule has 1 heterocycles. The summed E-state index contributed by atoms with van der Waals surface area (Å²) in [6, 6.07) is 5.88. The summed E-state index contributed by atoms with van der Waals surface area (Å²) in [4.78, 5) is 27.9. The minimum atomic E-state index is -3.66. The Bertz CT molecular complexity index is 915. The van der Waals surface area contributed by atoms with E-state index in [0.29, 0.717) is 5.56 Å². The summed E-state index contributed by atoms with van der Waals surface area (Å²) < 4.78 is 39.1. The third-order valence-corrected chi connectivity index (χ3v) is 7.52. The Morgan fingerprint density at radius 3 is 2.45 bits per heavy atom. The van der Waals surface area contributed by atoms with Crippen LogP contribution in [0, 0.1) is 5.82 Å². The lowest BCUT2D eigenvalue weighted by Crippen LogP contribution is -2.69. The molecule has 2 fully saturated rings. The normalized spacial score (nSPS) is 24.5. The van der Waals surface area contributed by atoms with Gasteiger partial charge in [-0.2, -0.15) is 4.31 Å². The van der Waals surface area contributed by atoms with Gasteiger partial charge in [0.25, 0.3) is 0 Å². The van der Waals surface area contributed by atoms with Crippen molar-refractivity contribution in [1.82, 2.24) is 14.5 Å². The van der Waals surface area contributed by atoms with Gasteiger partial charge in [-0.3, -0.25) is 9.59 Å². The molecule has 1 aromatic carbocycles. The van der Waals surface area contributed by atoms with Crippen LogP contribution in [0.2, 0.25) is 0 Å². The second kappa shape index (κ2) is 9.65. The van der Waals surface area contributed by atoms with Gasteiger partial charge < -0.3 is 10.2 Å². The monoisotopic (exact) mass is 453 g/mol. The second-order valence-electron chi connectivity index (χ2n) is 8.93. The summed E-state index contributed by atoms with van der Waals surface area (Å²) in [5, 5.41) is 3.09. The topological polar surface area (TPSA) is 86.8 Å². The molecule has 7 nitrogen and oxygen atoms in total. The van der Waals surface area contributed by atoms with E-state index in [1.54, 1.807) is 19.1 Å². The highest BCUT2D eigenvalue weighted by Crippen LogP contribution is 2.28. The zero-order chi connectivity index (χ0) is 22.6. The zero-order valence-electron chi connectivity index (χ0n) is 18.3. The van der Waals surface area contributed by atoms with Gasteiger partial charge in [0.05, 0.1) is 12.8 Å². The Labute approximate surface area is 184 Å². The van der Waals surface area contributed by atoms with Crippen LogP contribution in [0.1, 0.15) is 57.4 Å². The fourth-order valence-electron chi connectivity index (χ4n) is 4.45. The van der Waals surface area contributed by atoms with Crippen LogP contribution in [0.4, 0.5) is 4.39 Å². The average Bonchev–Trinajstić information content (AvgIpc) is 2.66. The minimum Gasteiger partial charge on any atom is -0.351 e. The standard InChI is InChI=1S/C22H32FN3O4S/c1-22(21(28)24-19-11-6-4-3-5-7-12-19)16-25(31(2,29)30)15-20(27)26(22)14-17-9-8-10-18(23)13-17/h8-10,13,19H,3-7,11-12,14-16H2,1-2H3,(H,24,28)/t22-/m1/s1. The third kappa shape index (κ3) is 5.83. The molecule has 1 aliphatic heterocycles. The lowest BCUT2D eigenvalue weighted by Gasteiger charge is -2.47. The van der Waals surface area contributed by atoms with Crippen molar-refractivity contribution in [2.24, 2.45) is 0 Å². The van der Waals surface area contributed by atoms with Crippen molar-refractivity contribution in [2.75, 3.05) is 19.3 Å². The summed E-state index contributed by atoms with van der Waals surface area (Å²) in [5.41, 5.74) is -0.848. The number of hydrogen-bond acceptors (Lipinski definition) is 4. The van der Waals surface area contributed by atoms with E-state index in [-0.39, 0.29) is 31.6 Å². The van der Waals surface area contributed by atoms with E-state index < -0.39 is 27.3 Å². The van der Waals surface area contributed by atoms with Crippen LogP contribution in [0.5, 0.6) is 0 Å². The zero-order valence-corrected chi connectivity index (χ0v) is 19.1. The number of benzene rings is 1. The van der Waals surface area contributed by atoms with E-state index >= 15 is 0 Å². The second-order valence-corrected chi connectivity index (χ2v) is 10.9. The van der Waals surface area contributed by atoms with Gasteiger partial charge in [0.2, 0.25) is 21.8 Å². The van der Waals surface area contributed by atoms with Gasteiger partial charge in [0.1, 0.15) is 11.4 Å². The molecule has 1 aliphatic carbocycles. The lowest BCUT2D eigenvalue weighted by molar-refractivity contribution is -0.154. The Balaban J connectivity index is 1.87. The van der Waals surface area contributed by atoms with E-state index in [9.17, 15) is 22.4 Å². The van der Waals surface area contributed by atoms with Gasteiger partial charge in [-0.05, 0) is 37.5 Å². The van der Waals surface area contributed by atoms with Gasteiger partial charge in [0.15, 0.2) is 0 Å². The summed E-state index contributed by atoms with van der Waals surface area (Å²) >= 11 is 0. The maximum Gasteiger partial charge on any atom is 0.247 e. The first-order valence-electron chi connectivity index (χ1n) is 10.9. The van der Waals surface area contributed by atoms with Crippen LogP contribution >= 0.6 is 0 Å². The maximum absolute atomic E-state index is 13.7. The molecule has 9 heteroatoms. The third-order valence-electron chi connectivity index (χ3n) is 6.32. The molecule has 1 N–H and O–H groups in total. The number of rotatable bonds is 5. The number of halogens is 1. The molecule has 0 unspecified atom stereocenters. The lowest BCUT2D eigenvalue weighted by atomic mass is 9.92. The van der Waals surface area contributed by atoms with E-state index in [1.807, 2.05) is 0 Å². The first kappa shape index (κ1) is 23.7. The maximum atomic E-state index is 13.7. The number of sulfonamides is 1. The van der Waals surface area contributed by atoms with Crippen molar-refractivity contribution in [3.05, 3.63) is 35.6 Å². The summed E-state index contributed by atoms with van der Waals surface area (Å²) in [5.74, 6) is -1.27. The predicted octanol–water partition coefficient (Wildman–Crippen LogP) is 2.42. The molecule has 0 radical (unpaired) electrons. The van der Waals surface area contributed by atoms with Crippen molar-refractivity contribution >= 4 is 21.8 Å². The molecule has 1 saturated heterocycles. The molecule has 2 aliphatic rings. The van der Waals surface area contributed by atoms with Crippen LogP contribution in [-0.4, -0.2) is 60.4 Å². The van der Waals surface area contributed by atoms with Gasteiger partial charge in [-0.1, -0.05) is 44.2 Å². The number of nitrogens with zero attached hydrogens (tertiary/aromatic N) is 2. The van der Waals surface area contributed by atoms with Crippen LogP contribution in [0.15, 0.2) is 24.3 Å². The fraction of sp³-hybridized carbons (Fsp3) is 0.636. The highest BCUT2D eigenvalue weighted by atomic mass is 32.2. The number of carbonyl (C=O) groups excluding carboxylic acids is 2. The Hall–Kier alpha value is -2.00. The average molecular weight is 454 g/mol. The molecule has 0 spiro atoms. The molecule has 172 valence electrons. The van der Waals surface area contributed by atoms with Crippen LogP contribution < -0.4 is 5.32 Å². The smallest absolute Gasteiger partial charge is 0.247 e. The van der Waals surface area contributed by atoms with Crippen LogP contribution in [-0.2, 0) is 26.2 Å². The molecule has 2 amide bonds. The summed E-state index contributed by atoms with van der Waals surface area (Å²) in [7, 11) is -3.66. The number of nitrogens with one attached hydrogen (secondary N) is 1. The van der Waals surface area contributed by atoms with E-state index in [1.165, 1.54) is 23.5 Å². The summed E-state index contributed by atoms with van der Waals surface area (Å²) in [6.07, 6.45) is 8.32. The van der Waals surface area contributed by atoms with Crippen molar-refractivity contribution < 1.29 is 22.4 Å². The first-order chi connectivity index (χ1) is 14.6. The van der Waals surface area contributed by atoms with Crippen LogP contribution in [0.25, 0.3) is 0 Å². The SMILES string of the molecule is C[C@]1(C(=O)NC2CCCCCCC2)CN(S(C)(=O)=O)CC(=O)N1Cc1cccc(F)c1. The quantitative estimate of drug-likeness (QED) is 0.742. The molecule has 31 heavy (non-hydrogen) atoms.